The van der Waals surface area contributed by atoms with Crippen molar-refractivity contribution in [2.45, 2.75) is 49.6 Å². The first-order chi connectivity index (χ1) is 21.3. The molecule has 6 unspecified atom stereocenters. The monoisotopic (exact) mass is 610 g/mol. The SMILES string of the molecule is CC(C1=CCC(OC(=O)OCC2CO2)C=C1)(c1ccc(OC(=O)OCC2CO2)cc1)C1C=CC(OC(=O)OCC2CO2)=CC1. The largest absolute Gasteiger partial charge is 0.513 e. The molecule has 3 aliphatic heterocycles. The van der Waals surface area contributed by atoms with Crippen LogP contribution in [0, 0.1) is 5.92 Å². The fourth-order valence-corrected chi connectivity index (χ4v) is 5.03. The van der Waals surface area contributed by atoms with Gasteiger partial charge in [0.05, 0.1) is 19.8 Å². The zero-order chi connectivity index (χ0) is 30.5. The van der Waals surface area contributed by atoms with Gasteiger partial charge in [-0.05, 0) is 53.8 Å². The van der Waals surface area contributed by atoms with Crippen LogP contribution in [-0.4, -0.2) is 82.5 Å². The minimum Gasteiger partial charge on any atom is -0.431 e. The first-order valence-electron chi connectivity index (χ1n) is 14.6. The van der Waals surface area contributed by atoms with E-state index in [9.17, 15) is 14.4 Å². The van der Waals surface area contributed by atoms with Crippen LogP contribution in [0.2, 0.25) is 0 Å². The quantitative estimate of drug-likeness (QED) is 0.140. The van der Waals surface area contributed by atoms with Crippen molar-refractivity contribution in [3.63, 3.8) is 0 Å². The first-order valence-corrected chi connectivity index (χ1v) is 14.6. The Kier molecular flexibility index (Phi) is 9.01. The van der Waals surface area contributed by atoms with E-state index in [1.807, 2.05) is 42.5 Å². The predicted octanol–water partition coefficient (Wildman–Crippen LogP) is 4.68. The molecule has 0 radical (unpaired) electrons. The molecule has 3 saturated heterocycles. The number of ether oxygens (including phenoxy) is 9. The molecule has 6 atom stereocenters. The number of hydrogen-bond acceptors (Lipinski definition) is 12. The number of allylic oxidation sites excluding steroid dienone is 5. The Morgan fingerprint density at radius 1 is 0.750 bits per heavy atom. The lowest BCUT2D eigenvalue weighted by Gasteiger charge is -2.40. The van der Waals surface area contributed by atoms with Gasteiger partial charge in [-0.2, -0.15) is 0 Å². The van der Waals surface area contributed by atoms with Crippen molar-refractivity contribution in [2.24, 2.45) is 5.92 Å². The zero-order valence-electron chi connectivity index (χ0n) is 24.2. The molecule has 0 saturated carbocycles. The van der Waals surface area contributed by atoms with Gasteiger partial charge in [0.15, 0.2) is 0 Å². The lowest BCUT2D eigenvalue weighted by molar-refractivity contribution is 0.0336. The third-order valence-electron chi connectivity index (χ3n) is 7.94. The van der Waals surface area contributed by atoms with Crippen molar-refractivity contribution in [3.8, 4) is 5.75 Å². The van der Waals surface area contributed by atoms with E-state index in [2.05, 4.69) is 6.92 Å². The Hall–Kier alpha value is -4.13. The summed E-state index contributed by atoms with van der Waals surface area (Å²) in [5.74, 6) is 0.707. The molecule has 2 aliphatic carbocycles. The molecule has 1 aromatic rings. The van der Waals surface area contributed by atoms with Crippen molar-refractivity contribution in [1.82, 2.24) is 0 Å². The summed E-state index contributed by atoms with van der Waals surface area (Å²) < 4.78 is 46.6. The molecule has 0 aromatic heterocycles. The molecule has 0 amide bonds. The van der Waals surface area contributed by atoms with Crippen LogP contribution < -0.4 is 4.74 Å². The van der Waals surface area contributed by atoms with Crippen LogP contribution in [0.25, 0.3) is 0 Å². The summed E-state index contributed by atoms with van der Waals surface area (Å²) in [7, 11) is 0. The molecular formula is C32H34O12. The Labute approximate surface area is 254 Å². The molecule has 0 N–H and O–H groups in total. The van der Waals surface area contributed by atoms with Crippen LogP contribution in [0.4, 0.5) is 14.4 Å². The number of hydrogen-bond donors (Lipinski definition) is 0. The maximum absolute atomic E-state index is 12.1. The van der Waals surface area contributed by atoms with Gasteiger partial charge >= 0.3 is 18.5 Å². The van der Waals surface area contributed by atoms with Gasteiger partial charge in [-0.25, -0.2) is 14.4 Å². The van der Waals surface area contributed by atoms with Crippen LogP contribution >= 0.6 is 0 Å². The van der Waals surface area contributed by atoms with Crippen molar-refractivity contribution >= 4 is 18.5 Å². The smallest absolute Gasteiger partial charge is 0.431 e. The number of rotatable bonds is 12. The molecule has 6 rings (SSSR count). The molecule has 12 nitrogen and oxygen atoms in total. The average Bonchev–Trinajstić information content (AvgIpc) is 3.87. The lowest BCUT2D eigenvalue weighted by Crippen LogP contribution is -2.35. The lowest BCUT2D eigenvalue weighted by atomic mass is 9.64. The predicted molar refractivity (Wildman–Crippen MR) is 151 cm³/mol. The van der Waals surface area contributed by atoms with E-state index in [0.717, 1.165) is 11.1 Å². The van der Waals surface area contributed by atoms with E-state index in [1.165, 1.54) is 0 Å². The maximum Gasteiger partial charge on any atom is 0.513 e. The highest BCUT2D eigenvalue weighted by atomic mass is 16.7. The number of carbonyl (C=O) groups excluding carboxylic acids is 3. The highest BCUT2D eigenvalue weighted by molar-refractivity contribution is 5.64. The summed E-state index contributed by atoms with van der Waals surface area (Å²) in [6.45, 7) is 4.38. The van der Waals surface area contributed by atoms with Crippen LogP contribution in [0.15, 0.2) is 72.1 Å². The standard InChI is InChI=1S/C32H34O12/c1-32(20-2-8-23(9-3-20)42-29(33)39-17-26-14-36-26,21-4-10-24(11-5-21)43-30(34)40-18-27-15-37-27)22-6-12-25(13-7-22)44-31(35)41-19-28-16-38-28/h2-6,8-10,12-13,22,24,26-28H,7,11,14-19H2,1H3. The van der Waals surface area contributed by atoms with Gasteiger partial charge in [0, 0.05) is 11.8 Å². The summed E-state index contributed by atoms with van der Waals surface area (Å²) in [4.78, 5) is 36.2. The second kappa shape index (κ2) is 13.2. The van der Waals surface area contributed by atoms with Gasteiger partial charge in [-0.3, -0.25) is 0 Å². The summed E-state index contributed by atoms with van der Waals surface area (Å²) in [5.41, 5.74) is 1.40. The van der Waals surface area contributed by atoms with E-state index >= 15 is 0 Å². The molecular weight excluding hydrogens is 576 g/mol. The topological polar surface area (TPSA) is 144 Å². The van der Waals surface area contributed by atoms with Gasteiger partial charge in [-0.15, -0.1) is 0 Å². The molecule has 44 heavy (non-hydrogen) atoms. The van der Waals surface area contributed by atoms with Crippen molar-refractivity contribution in [3.05, 3.63) is 77.6 Å². The molecule has 12 heteroatoms. The second-order valence-corrected chi connectivity index (χ2v) is 11.2. The Balaban J connectivity index is 1.13. The highest BCUT2D eigenvalue weighted by Gasteiger charge is 2.39. The summed E-state index contributed by atoms with van der Waals surface area (Å²) in [5, 5.41) is 0. The fourth-order valence-electron chi connectivity index (χ4n) is 5.03. The normalized spacial score (nSPS) is 27.5. The molecule has 3 fully saturated rings. The fraction of sp³-hybridized carbons (Fsp3) is 0.469. The molecule has 234 valence electrons. The Morgan fingerprint density at radius 3 is 1.86 bits per heavy atom. The van der Waals surface area contributed by atoms with E-state index in [0.29, 0.717) is 44.2 Å². The van der Waals surface area contributed by atoms with E-state index in [-0.39, 0.29) is 44.1 Å². The zero-order valence-corrected chi connectivity index (χ0v) is 24.2. The molecule has 3 heterocycles. The Morgan fingerprint density at radius 2 is 1.34 bits per heavy atom. The average molecular weight is 611 g/mol. The van der Waals surface area contributed by atoms with Crippen LogP contribution in [0.5, 0.6) is 5.75 Å². The van der Waals surface area contributed by atoms with Crippen LogP contribution in [0.3, 0.4) is 0 Å². The van der Waals surface area contributed by atoms with Crippen molar-refractivity contribution < 1.29 is 57.0 Å². The molecule has 0 spiro atoms. The Bertz CT molecular complexity index is 1350. The van der Waals surface area contributed by atoms with Crippen molar-refractivity contribution in [2.75, 3.05) is 39.6 Å². The van der Waals surface area contributed by atoms with Crippen LogP contribution in [-0.2, 0) is 43.3 Å². The third-order valence-corrected chi connectivity index (χ3v) is 7.94. The van der Waals surface area contributed by atoms with Gasteiger partial charge in [0.25, 0.3) is 0 Å². The number of benzene rings is 1. The van der Waals surface area contributed by atoms with E-state index in [1.54, 1.807) is 18.2 Å². The number of epoxide rings is 3. The summed E-state index contributed by atoms with van der Waals surface area (Å²) in [6, 6.07) is 7.25. The number of carbonyl (C=O) groups is 3. The van der Waals surface area contributed by atoms with Crippen molar-refractivity contribution in [1.29, 1.82) is 0 Å². The van der Waals surface area contributed by atoms with Gasteiger partial charge in [0.2, 0.25) is 0 Å². The second-order valence-electron chi connectivity index (χ2n) is 11.2. The van der Waals surface area contributed by atoms with E-state index in [4.69, 9.17) is 42.6 Å². The van der Waals surface area contributed by atoms with E-state index < -0.39 is 30.0 Å². The maximum atomic E-state index is 12.1. The molecule has 0 bridgehead atoms. The summed E-state index contributed by atoms with van der Waals surface area (Å²) >= 11 is 0. The van der Waals surface area contributed by atoms with Gasteiger partial charge < -0.3 is 42.6 Å². The minimum atomic E-state index is -0.792. The third kappa shape index (κ3) is 8.07. The van der Waals surface area contributed by atoms with Gasteiger partial charge in [-0.1, -0.05) is 37.3 Å². The van der Waals surface area contributed by atoms with Gasteiger partial charge in [0.1, 0.15) is 55.7 Å². The molecule has 1 aromatic carbocycles. The first kappa shape index (κ1) is 29.9. The minimum absolute atomic E-state index is 0.0390. The molecule has 5 aliphatic rings. The highest BCUT2D eigenvalue weighted by Crippen LogP contribution is 2.45. The van der Waals surface area contributed by atoms with Crippen LogP contribution in [0.1, 0.15) is 25.3 Å². The summed E-state index contributed by atoms with van der Waals surface area (Å²) in [6.07, 6.45) is 9.58.